The SMILES string of the molecule is COC(c1ccc(C)cc1)C(C)(C)C. The van der Waals surface area contributed by atoms with Crippen LogP contribution in [0.25, 0.3) is 0 Å². The van der Waals surface area contributed by atoms with Crippen LogP contribution in [0.4, 0.5) is 0 Å². The molecule has 1 rings (SSSR count). The molecule has 14 heavy (non-hydrogen) atoms. The Bertz CT molecular complexity index is 279. The maximum Gasteiger partial charge on any atom is 0.0869 e. The molecule has 0 spiro atoms. The Balaban J connectivity index is 2.96. The second kappa shape index (κ2) is 4.14. The van der Waals surface area contributed by atoms with Gasteiger partial charge in [-0.1, -0.05) is 50.6 Å². The van der Waals surface area contributed by atoms with Gasteiger partial charge in [-0.25, -0.2) is 0 Å². The third-order valence-corrected chi connectivity index (χ3v) is 2.40. The number of benzene rings is 1. The molecule has 0 radical (unpaired) electrons. The summed E-state index contributed by atoms with van der Waals surface area (Å²) < 4.78 is 5.54. The first-order valence-corrected chi connectivity index (χ1v) is 5.04. The van der Waals surface area contributed by atoms with Crippen LogP contribution in [-0.4, -0.2) is 7.11 Å². The summed E-state index contributed by atoms with van der Waals surface area (Å²) in [6.07, 6.45) is 0.170. The van der Waals surface area contributed by atoms with E-state index in [1.165, 1.54) is 11.1 Å². The molecule has 1 nitrogen and oxygen atoms in total. The number of aryl methyl sites for hydroxylation is 1. The largest absolute Gasteiger partial charge is 0.376 e. The highest BCUT2D eigenvalue weighted by molar-refractivity contribution is 5.24. The van der Waals surface area contributed by atoms with E-state index in [2.05, 4.69) is 52.0 Å². The Morgan fingerprint density at radius 3 is 1.93 bits per heavy atom. The summed E-state index contributed by atoms with van der Waals surface area (Å²) in [6, 6.07) is 8.56. The molecule has 0 aliphatic carbocycles. The fourth-order valence-electron chi connectivity index (χ4n) is 1.73. The van der Waals surface area contributed by atoms with E-state index in [-0.39, 0.29) is 11.5 Å². The van der Waals surface area contributed by atoms with Gasteiger partial charge in [0, 0.05) is 7.11 Å². The van der Waals surface area contributed by atoms with Gasteiger partial charge in [-0.05, 0) is 17.9 Å². The van der Waals surface area contributed by atoms with Gasteiger partial charge in [-0.2, -0.15) is 0 Å². The number of hydrogen-bond donors (Lipinski definition) is 0. The summed E-state index contributed by atoms with van der Waals surface area (Å²) in [5, 5.41) is 0. The first-order chi connectivity index (χ1) is 6.45. The molecule has 0 amide bonds. The van der Waals surface area contributed by atoms with Crippen LogP contribution >= 0.6 is 0 Å². The van der Waals surface area contributed by atoms with E-state index in [1.807, 2.05) is 0 Å². The van der Waals surface area contributed by atoms with Crippen molar-refractivity contribution in [3.05, 3.63) is 35.4 Å². The number of hydrogen-bond acceptors (Lipinski definition) is 1. The Kier molecular flexibility index (Phi) is 3.33. The molecule has 0 aromatic heterocycles. The molecule has 0 aliphatic rings. The summed E-state index contributed by atoms with van der Waals surface area (Å²) in [5.41, 5.74) is 2.69. The average Bonchev–Trinajstić information content (AvgIpc) is 2.07. The Morgan fingerprint density at radius 1 is 1.07 bits per heavy atom. The molecule has 0 saturated heterocycles. The summed E-state index contributed by atoms with van der Waals surface area (Å²) in [7, 11) is 1.77. The van der Waals surface area contributed by atoms with E-state index in [4.69, 9.17) is 4.74 Å². The van der Waals surface area contributed by atoms with E-state index < -0.39 is 0 Å². The van der Waals surface area contributed by atoms with Crippen LogP contribution in [0, 0.1) is 12.3 Å². The first kappa shape index (κ1) is 11.3. The van der Waals surface area contributed by atoms with Crippen molar-refractivity contribution in [2.75, 3.05) is 7.11 Å². The lowest BCUT2D eigenvalue weighted by atomic mass is 9.84. The van der Waals surface area contributed by atoms with E-state index in [1.54, 1.807) is 7.11 Å². The van der Waals surface area contributed by atoms with E-state index in [9.17, 15) is 0 Å². The van der Waals surface area contributed by atoms with Crippen LogP contribution in [-0.2, 0) is 4.74 Å². The van der Waals surface area contributed by atoms with Crippen LogP contribution in [0.5, 0.6) is 0 Å². The molecule has 1 atom stereocenters. The normalized spacial score (nSPS) is 14.1. The molecule has 1 unspecified atom stereocenters. The standard InChI is InChI=1S/C13H20O/c1-10-6-8-11(9-7-10)12(14-5)13(2,3)4/h6-9,12H,1-5H3. The predicted octanol–water partition coefficient (Wildman–Crippen LogP) is 3.73. The van der Waals surface area contributed by atoms with Gasteiger partial charge < -0.3 is 4.74 Å². The Morgan fingerprint density at radius 2 is 1.57 bits per heavy atom. The van der Waals surface area contributed by atoms with Crippen molar-refractivity contribution in [3.63, 3.8) is 0 Å². The molecule has 0 N–H and O–H groups in total. The lowest BCUT2D eigenvalue weighted by Gasteiger charge is -2.29. The number of methoxy groups -OCH3 is 1. The number of rotatable bonds is 2. The fourth-order valence-corrected chi connectivity index (χ4v) is 1.73. The van der Waals surface area contributed by atoms with Gasteiger partial charge >= 0.3 is 0 Å². The molecule has 1 aromatic rings. The lowest BCUT2D eigenvalue weighted by Crippen LogP contribution is -2.19. The topological polar surface area (TPSA) is 9.23 Å². The second-order valence-electron chi connectivity index (χ2n) is 4.89. The monoisotopic (exact) mass is 192 g/mol. The number of ether oxygens (including phenoxy) is 1. The van der Waals surface area contributed by atoms with Crippen LogP contribution in [0.2, 0.25) is 0 Å². The van der Waals surface area contributed by atoms with Crippen molar-refractivity contribution in [1.82, 2.24) is 0 Å². The van der Waals surface area contributed by atoms with Gasteiger partial charge in [-0.15, -0.1) is 0 Å². The van der Waals surface area contributed by atoms with Gasteiger partial charge in [0.2, 0.25) is 0 Å². The van der Waals surface area contributed by atoms with E-state index >= 15 is 0 Å². The van der Waals surface area contributed by atoms with Crippen LogP contribution in [0.1, 0.15) is 38.0 Å². The Labute approximate surface area is 87.1 Å². The van der Waals surface area contributed by atoms with Gasteiger partial charge in [0.1, 0.15) is 0 Å². The molecule has 0 bridgehead atoms. The molecule has 78 valence electrons. The van der Waals surface area contributed by atoms with Gasteiger partial charge in [-0.3, -0.25) is 0 Å². The quantitative estimate of drug-likeness (QED) is 0.693. The highest BCUT2D eigenvalue weighted by Crippen LogP contribution is 2.35. The van der Waals surface area contributed by atoms with Crippen molar-refractivity contribution in [3.8, 4) is 0 Å². The molecule has 0 aliphatic heterocycles. The predicted molar refractivity (Wildman–Crippen MR) is 60.4 cm³/mol. The Hall–Kier alpha value is -0.820. The molecular weight excluding hydrogens is 172 g/mol. The van der Waals surface area contributed by atoms with E-state index in [0.717, 1.165) is 0 Å². The molecule has 1 aromatic carbocycles. The molecule has 0 fully saturated rings. The van der Waals surface area contributed by atoms with Crippen molar-refractivity contribution in [2.24, 2.45) is 5.41 Å². The molecule has 0 saturated carbocycles. The zero-order chi connectivity index (χ0) is 10.8. The van der Waals surface area contributed by atoms with Crippen molar-refractivity contribution < 1.29 is 4.74 Å². The smallest absolute Gasteiger partial charge is 0.0869 e. The third kappa shape index (κ3) is 2.58. The van der Waals surface area contributed by atoms with Crippen molar-refractivity contribution in [2.45, 2.75) is 33.8 Å². The summed E-state index contributed by atoms with van der Waals surface area (Å²) in [4.78, 5) is 0. The summed E-state index contributed by atoms with van der Waals surface area (Å²) in [5.74, 6) is 0. The van der Waals surface area contributed by atoms with E-state index in [0.29, 0.717) is 0 Å². The van der Waals surface area contributed by atoms with Crippen molar-refractivity contribution >= 4 is 0 Å². The second-order valence-corrected chi connectivity index (χ2v) is 4.89. The molecule has 1 heteroatoms. The zero-order valence-electron chi connectivity index (χ0n) is 9.79. The van der Waals surface area contributed by atoms with Crippen LogP contribution < -0.4 is 0 Å². The van der Waals surface area contributed by atoms with Crippen molar-refractivity contribution in [1.29, 1.82) is 0 Å². The third-order valence-electron chi connectivity index (χ3n) is 2.40. The summed E-state index contributed by atoms with van der Waals surface area (Å²) in [6.45, 7) is 8.69. The highest BCUT2D eigenvalue weighted by atomic mass is 16.5. The van der Waals surface area contributed by atoms with Crippen LogP contribution in [0.15, 0.2) is 24.3 Å². The minimum absolute atomic E-state index is 0.143. The maximum absolute atomic E-state index is 5.54. The first-order valence-electron chi connectivity index (χ1n) is 5.04. The fraction of sp³-hybridized carbons (Fsp3) is 0.538. The zero-order valence-corrected chi connectivity index (χ0v) is 9.79. The van der Waals surface area contributed by atoms with Gasteiger partial charge in [0.15, 0.2) is 0 Å². The van der Waals surface area contributed by atoms with Gasteiger partial charge in [0.05, 0.1) is 6.10 Å². The lowest BCUT2D eigenvalue weighted by molar-refractivity contribution is 0.0152. The molecular formula is C13H20O. The molecule has 0 heterocycles. The highest BCUT2D eigenvalue weighted by Gasteiger charge is 2.25. The average molecular weight is 192 g/mol. The summed E-state index contributed by atoms with van der Waals surface area (Å²) >= 11 is 0. The minimum atomic E-state index is 0.143. The minimum Gasteiger partial charge on any atom is -0.376 e. The maximum atomic E-state index is 5.54. The van der Waals surface area contributed by atoms with Gasteiger partial charge in [0.25, 0.3) is 0 Å². The van der Waals surface area contributed by atoms with Crippen LogP contribution in [0.3, 0.4) is 0 Å².